The summed E-state index contributed by atoms with van der Waals surface area (Å²) in [5, 5.41) is 3.97. The zero-order valence-corrected chi connectivity index (χ0v) is 35.3. The Labute approximate surface area is 343 Å². The van der Waals surface area contributed by atoms with Gasteiger partial charge in [0, 0.05) is 70.7 Å². The van der Waals surface area contributed by atoms with Crippen molar-refractivity contribution < 1.29 is 0 Å². The number of anilines is 4. The number of fused-ring (bicyclic) bond motifs is 4. The van der Waals surface area contributed by atoms with Crippen molar-refractivity contribution in [1.82, 2.24) is 0 Å². The Morgan fingerprint density at radius 1 is 0.782 bits per heavy atom. The molecule has 0 N–H and O–H groups in total. The average molecular weight is 854 g/mol. The fraction of sp³-hybridized carbons (Fsp3) is 0.260. The molecular formula is C50H52IN3S. The van der Waals surface area contributed by atoms with Crippen LogP contribution in [-0.2, 0) is 5.41 Å². The lowest BCUT2D eigenvalue weighted by Crippen LogP contribution is -2.34. The molecule has 5 aromatic rings. The highest BCUT2D eigenvalue weighted by Gasteiger charge is 2.33. The monoisotopic (exact) mass is 853 g/mol. The van der Waals surface area contributed by atoms with Crippen molar-refractivity contribution in [2.24, 2.45) is 5.92 Å². The van der Waals surface area contributed by atoms with Crippen molar-refractivity contribution in [3.05, 3.63) is 174 Å². The van der Waals surface area contributed by atoms with Gasteiger partial charge in [0.1, 0.15) is 0 Å². The Bertz CT molecular complexity index is 2220. The smallest absolute Gasteiger partial charge is 0.0801 e. The first-order chi connectivity index (χ1) is 27.0. The molecule has 0 atom stereocenters. The highest BCUT2D eigenvalue weighted by Crippen LogP contribution is 2.50. The zero-order chi connectivity index (χ0) is 37.6. The number of thioether (sulfide) groups is 1. The summed E-state index contributed by atoms with van der Waals surface area (Å²) < 4.78 is 4.20. The molecule has 0 radical (unpaired) electrons. The Morgan fingerprint density at radius 3 is 2.22 bits per heavy atom. The standard InChI is InChI=1S/C50H52IN3S/c1-4-36-53-45-31-17-16-30-44(45)50(2,3)47(51-53)32-18-27-42(54(40-23-10-6-11-24-40)41-25-12-7-13-26-41)28-19-33-48-52(37-38-20-8-5-9-21-38)46-35-34-39-22-14-15-29-43(39)49(46)55-48/h6-7,10-19,22-35,38H,4-5,8-9,20-21,36-37H2,1-3H3/b28-19+,32-18+,42-27-,48-33-. The third-order valence-corrected chi connectivity index (χ3v) is 16.2. The minimum atomic E-state index is -0.323. The van der Waals surface area contributed by atoms with Crippen LogP contribution in [0.25, 0.3) is 10.8 Å². The lowest BCUT2D eigenvalue weighted by molar-refractivity contribution is 0.364. The quantitative estimate of drug-likeness (QED) is 0.0744. The van der Waals surface area contributed by atoms with E-state index in [1.165, 1.54) is 73.2 Å². The number of halogens is 1. The predicted molar refractivity (Wildman–Crippen MR) is 249 cm³/mol. The van der Waals surface area contributed by atoms with Gasteiger partial charge in [-0.3, -0.25) is 0 Å². The van der Waals surface area contributed by atoms with Crippen molar-refractivity contribution in [2.45, 2.75) is 69.6 Å². The number of hydrogen-bond donors (Lipinski definition) is 0. The molecule has 1 aliphatic carbocycles. The molecule has 0 saturated heterocycles. The van der Waals surface area contributed by atoms with Gasteiger partial charge < -0.3 is 12.9 Å². The Balaban J connectivity index is 1.19. The Morgan fingerprint density at radius 2 is 1.47 bits per heavy atom. The lowest BCUT2D eigenvalue weighted by Gasteiger charge is -2.37. The van der Waals surface area contributed by atoms with Crippen LogP contribution in [0, 0.1) is 5.92 Å². The van der Waals surface area contributed by atoms with Gasteiger partial charge in [0.05, 0.1) is 10.7 Å². The van der Waals surface area contributed by atoms with Crippen molar-refractivity contribution in [3.63, 3.8) is 0 Å². The summed E-state index contributed by atoms with van der Waals surface area (Å²) in [4.78, 5) is 6.39. The fourth-order valence-corrected chi connectivity index (χ4v) is 12.7. The summed E-state index contributed by atoms with van der Waals surface area (Å²) in [6.45, 7) is 9.29. The number of benzene rings is 5. The van der Waals surface area contributed by atoms with E-state index in [0.29, 0.717) is 0 Å². The maximum absolute atomic E-state index is 2.66. The predicted octanol–water partition coefficient (Wildman–Crippen LogP) is 14.3. The zero-order valence-electron chi connectivity index (χ0n) is 32.4. The van der Waals surface area contributed by atoms with E-state index >= 15 is 0 Å². The lowest BCUT2D eigenvalue weighted by atomic mass is 9.80. The summed E-state index contributed by atoms with van der Waals surface area (Å²) in [6.07, 6.45) is 21.9. The number of allylic oxidation sites excluding steroid dienone is 6. The molecule has 2 aliphatic heterocycles. The second kappa shape index (κ2) is 17.2. The first-order valence-corrected chi connectivity index (χ1v) is 22.9. The van der Waals surface area contributed by atoms with E-state index in [9.17, 15) is 0 Å². The van der Waals surface area contributed by atoms with Gasteiger partial charge in [-0.1, -0.05) is 155 Å². The summed E-state index contributed by atoms with van der Waals surface area (Å²) in [5.41, 5.74) is 7.59. The fourth-order valence-electron chi connectivity index (χ4n) is 8.24. The number of rotatable bonds is 11. The largest absolute Gasteiger partial charge is 0.335 e. The van der Waals surface area contributed by atoms with Crippen LogP contribution in [0.3, 0.4) is 0 Å². The first kappa shape index (κ1) is 37.6. The summed E-state index contributed by atoms with van der Waals surface area (Å²) in [5.74, 6) is 0.732. The number of para-hydroxylation sites is 3. The van der Waals surface area contributed by atoms with Crippen LogP contribution in [0.1, 0.15) is 64.9 Å². The van der Waals surface area contributed by atoms with Crippen molar-refractivity contribution in [2.75, 3.05) is 26.0 Å². The molecule has 55 heavy (non-hydrogen) atoms. The van der Waals surface area contributed by atoms with Crippen LogP contribution in [0.15, 0.2) is 173 Å². The average Bonchev–Trinajstić information content (AvgIpc) is 3.57. The molecule has 0 amide bonds. The van der Waals surface area contributed by atoms with E-state index in [-0.39, 0.29) is 26.4 Å². The van der Waals surface area contributed by atoms with Gasteiger partial charge in [0.15, 0.2) is 0 Å². The minimum absolute atomic E-state index is 0.0158. The third-order valence-electron chi connectivity index (χ3n) is 11.1. The summed E-state index contributed by atoms with van der Waals surface area (Å²) in [6, 6.07) is 44.1. The molecular weight excluding hydrogens is 802 g/mol. The first-order valence-electron chi connectivity index (χ1n) is 20.0. The third kappa shape index (κ3) is 8.15. The number of nitrogens with zero attached hydrogens (tertiary/aromatic N) is 3. The SMILES string of the molecule is CCCN1I=C(/C=C/C=C(/C=C/C=C2\Sc3c(ccc4ccccc34)N2CC2CCCCC2)N(c2ccccc2)c2ccccc2)C(C)(C)c2ccccc21. The van der Waals surface area contributed by atoms with Crippen molar-refractivity contribution in [1.29, 1.82) is 0 Å². The summed E-state index contributed by atoms with van der Waals surface area (Å²) in [7, 11) is 0. The van der Waals surface area contributed by atoms with Crippen LogP contribution in [0.5, 0.6) is 0 Å². The molecule has 1 saturated carbocycles. The van der Waals surface area contributed by atoms with Gasteiger partial charge in [-0.15, -0.1) is 0 Å². The second-order valence-corrected chi connectivity index (χ2v) is 19.2. The molecule has 3 aliphatic rings. The van der Waals surface area contributed by atoms with Crippen molar-refractivity contribution in [3.8, 4) is 0 Å². The van der Waals surface area contributed by atoms with E-state index in [1.54, 1.807) is 0 Å². The van der Waals surface area contributed by atoms with Crippen LogP contribution in [0.2, 0.25) is 0 Å². The van der Waals surface area contributed by atoms with E-state index in [0.717, 1.165) is 42.5 Å². The molecule has 2 heterocycles. The number of hydrogen-bond acceptors (Lipinski definition) is 4. The molecule has 8 rings (SSSR count). The molecule has 3 nitrogen and oxygen atoms in total. The Kier molecular flexibility index (Phi) is 11.8. The van der Waals surface area contributed by atoms with Crippen LogP contribution in [0.4, 0.5) is 22.7 Å². The summed E-state index contributed by atoms with van der Waals surface area (Å²) >= 11 is 1.61. The highest BCUT2D eigenvalue weighted by atomic mass is 127. The van der Waals surface area contributed by atoms with E-state index < -0.39 is 0 Å². The van der Waals surface area contributed by atoms with E-state index in [2.05, 4.69) is 191 Å². The molecule has 0 bridgehead atoms. The molecule has 280 valence electrons. The van der Waals surface area contributed by atoms with Crippen LogP contribution < -0.4 is 12.9 Å². The highest BCUT2D eigenvalue weighted by molar-refractivity contribution is 14.2. The van der Waals surface area contributed by atoms with Gasteiger partial charge in [0.2, 0.25) is 0 Å². The van der Waals surface area contributed by atoms with Gasteiger partial charge in [-0.2, -0.15) is 0 Å². The molecule has 0 aromatic heterocycles. The molecule has 5 aromatic carbocycles. The van der Waals surface area contributed by atoms with Gasteiger partial charge in [-0.05, 0) is 96.1 Å². The van der Waals surface area contributed by atoms with Gasteiger partial charge >= 0.3 is 0 Å². The molecule has 5 heteroatoms. The van der Waals surface area contributed by atoms with Crippen LogP contribution in [-0.4, -0.2) is 16.6 Å². The van der Waals surface area contributed by atoms with E-state index in [1.807, 2.05) is 11.8 Å². The van der Waals surface area contributed by atoms with E-state index in [4.69, 9.17) is 0 Å². The normalized spacial score (nSPS) is 18.1. The van der Waals surface area contributed by atoms with Crippen LogP contribution >= 0.6 is 32.8 Å². The van der Waals surface area contributed by atoms with Crippen molar-refractivity contribution >= 4 is 69.8 Å². The maximum Gasteiger partial charge on any atom is 0.0801 e. The van der Waals surface area contributed by atoms with Gasteiger partial charge in [-0.25, -0.2) is 0 Å². The molecule has 1 fully saturated rings. The molecule has 0 spiro atoms. The topological polar surface area (TPSA) is 9.72 Å². The maximum atomic E-state index is 2.66. The molecule has 0 unspecified atom stereocenters. The van der Waals surface area contributed by atoms with Gasteiger partial charge in [0.25, 0.3) is 0 Å². The second-order valence-electron chi connectivity index (χ2n) is 15.3. The minimum Gasteiger partial charge on any atom is -0.335 e. The Hall–Kier alpha value is -4.33.